The van der Waals surface area contributed by atoms with Crippen molar-refractivity contribution in [3.8, 4) is 100 Å². The summed E-state index contributed by atoms with van der Waals surface area (Å²) < 4.78 is 0. The third kappa shape index (κ3) is 14.3. The number of hydrogen-bond acceptors (Lipinski definition) is 3. The minimum Gasteiger partial charge on any atom is -0.310 e. The number of hydrogen-bond donors (Lipinski definition) is 0. The zero-order chi connectivity index (χ0) is 95.7. The number of nitrogens with zero attached hydrogens (tertiary/aromatic N) is 3. The molecule has 141 heavy (non-hydrogen) atoms. The molecule has 9 heteroatoms. The number of fused-ring (bicyclic) bond motifs is 21. The summed E-state index contributed by atoms with van der Waals surface area (Å²) in [5.74, 6) is 0. The minimum absolute atomic E-state index is 1.17. The van der Waals surface area contributed by atoms with Crippen molar-refractivity contribution in [3.63, 3.8) is 0 Å². The van der Waals surface area contributed by atoms with Crippen molar-refractivity contribution >= 4 is 194 Å². The third-order valence-corrected chi connectivity index (χ3v) is 53.8. The van der Waals surface area contributed by atoms with Crippen molar-refractivity contribution in [2.45, 2.75) is 78.6 Å². The lowest BCUT2D eigenvalue weighted by Crippen LogP contribution is -2.49. The molecule has 21 aromatic carbocycles. The van der Waals surface area contributed by atoms with Crippen LogP contribution in [0.4, 0.5) is 51.2 Å². The Kier molecular flexibility index (Phi) is 20.8. The van der Waals surface area contributed by atoms with Gasteiger partial charge in [0, 0.05) is 51.1 Å². The van der Waals surface area contributed by atoms with E-state index < -0.39 is 48.4 Å². The first-order valence-electron chi connectivity index (χ1n) is 50.1. The Morgan fingerprint density at radius 1 is 0.128 bits per heavy atom. The molecular weight excluding hydrogens is 1800 g/mol. The monoisotopic (exact) mass is 1910 g/mol. The van der Waals surface area contributed by atoms with Crippen LogP contribution in [0.3, 0.4) is 0 Å². The molecule has 0 amide bonds. The zero-order valence-electron chi connectivity index (χ0n) is 82.1. The molecule has 3 nitrogen and oxygen atoms in total. The van der Waals surface area contributed by atoms with Gasteiger partial charge in [0.05, 0.1) is 5.69 Å². The standard InChI is InChI=1S/3C44H37NSi2/c1-46(2)41-21-10-8-18-38(41)44-39(19-12-22-42(44)46)45(35-25-26-37-36-17-7-9-20-40(36)47(3,4)43(37)29-35)34-16-11-15-32(28-34)33-24-23-30-13-5-6-14-31(30)27-33;1-46(2)42-19-10-8-17-38(42)40-28-35(23-25-43(40)46)45(36-22-24-39-37-16-7-9-18-41(37)47(3,4)44(39)29-36)34-15-11-14-32(27-34)33-21-20-30-12-5-6-13-31(30)26-33;1-46(2)41-18-9-7-16-37(41)39-24-22-35(28-43(39)46)45(36-23-25-40-38-17-8-10-19-42(38)47(3,4)44(40)29-36)34-15-11-14-32(27-34)33-21-20-30-12-5-6-13-31(30)26-33/h3*5-29H,1-4H3. The lowest BCUT2D eigenvalue weighted by Gasteiger charge is -2.30. The summed E-state index contributed by atoms with van der Waals surface area (Å²) in [6.45, 7) is 30.1. The highest BCUT2D eigenvalue weighted by Crippen LogP contribution is 2.49. The summed E-state index contributed by atoms with van der Waals surface area (Å²) in [6.07, 6.45) is 0. The van der Waals surface area contributed by atoms with Crippen LogP contribution in [0, 0.1) is 0 Å². The molecule has 6 aliphatic rings. The van der Waals surface area contributed by atoms with Crippen LogP contribution in [0.2, 0.25) is 78.6 Å². The van der Waals surface area contributed by atoms with Gasteiger partial charge < -0.3 is 14.7 Å². The second kappa shape index (κ2) is 33.4. The molecule has 0 radical (unpaired) electrons. The number of anilines is 9. The van der Waals surface area contributed by atoms with Gasteiger partial charge in [0.25, 0.3) is 0 Å². The fourth-order valence-corrected chi connectivity index (χ4v) is 43.5. The lowest BCUT2D eigenvalue weighted by atomic mass is 9.99. The van der Waals surface area contributed by atoms with E-state index in [1.165, 1.54) is 220 Å². The summed E-state index contributed by atoms with van der Waals surface area (Å²) in [7, 11) is -11.0. The van der Waals surface area contributed by atoms with Crippen LogP contribution in [0.5, 0.6) is 0 Å². The van der Waals surface area contributed by atoms with E-state index in [1.807, 2.05) is 0 Å². The fraction of sp³-hybridized carbons (Fsp3) is 0.0909. The molecule has 0 bridgehead atoms. The van der Waals surface area contributed by atoms with Crippen LogP contribution in [-0.4, -0.2) is 48.4 Å². The molecule has 0 aromatic heterocycles. The Morgan fingerprint density at radius 2 is 0.355 bits per heavy atom. The van der Waals surface area contributed by atoms with Gasteiger partial charge in [-0.05, 0) is 310 Å². The van der Waals surface area contributed by atoms with Gasteiger partial charge >= 0.3 is 0 Å². The van der Waals surface area contributed by atoms with E-state index in [4.69, 9.17) is 0 Å². The van der Waals surface area contributed by atoms with Crippen LogP contribution in [0.1, 0.15) is 0 Å². The first-order chi connectivity index (χ1) is 68.4. The summed E-state index contributed by atoms with van der Waals surface area (Å²) in [5.41, 5.74) is 35.2. The minimum atomic E-state index is -1.87. The smallest absolute Gasteiger partial charge is 0.113 e. The maximum absolute atomic E-state index is 2.55. The highest BCUT2D eigenvalue weighted by atomic mass is 28.3. The van der Waals surface area contributed by atoms with Gasteiger partial charge in [-0.1, -0.05) is 412 Å². The summed E-state index contributed by atoms with van der Waals surface area (Å²) in [6, 6.07) is 171. The maximum atomic E-state index is 2.55. The van der Waals surface area contributed by atoms with Gasteiger partial charge in [0.1, 0.15) is 48.4 Å². The first-order valence-corrected chi connectivity index (χ1v) is 68.1. The Hall–Kier alpha value is -14.9. The molecule has 678 valence electrons. The molecular formula is C132H111N3Si6. The normalized spacial score (nSPS) is 14.7. The van der Waals surface area contributed by atoms with Crippen LogP contribution in [0.15, 0.2) is 455 Å². The first kappa shape index (κ1) is 87.6. The highest BCUT2D eigenvalue weighted by Gasteiger charge is 2.45. The summed E-state index contributed by atoms with van der Waals surface area (Å²) in [5, 5.41) is 26.0. The molecule has 0 unspecified atom stereocenters. The number of benzene rings is 21. The van der Waals surface area contributed by atoms with Crippen molar-refractivity contribution in [3.05, 3.63) is 455 Å². The lowest BCUT2D eigenvalue weighted by molar-refractivity contribution is 1.29. The van der Waals surface area contributed by atoms with Gasteiger partial charge in [0.15, 0.2) is 0 Å². The van der Waals surface area contributed by atoms with Crippen molar-refractivity contribution < 1.29 is 0 Å². The van der Waals surface area contributed by atoms with Crippen molar-refractivity contribution in [2.75, 3.05) is 14.7 Å². The maximum Gasteiger partial charge on any atom is 0.113 e. The largest absolute Gasteiger partial charge is 0.310 e. The van der Waals surface area contributed by atoms with E-state index in [9.17, 15) is 0 Å². The Bertz CT molecular complexity index is 8640. The molecule has 0 fully saturated rings. The molecule has 0 spiro atoms. The van der Waals surface area contributed by atoms with Crippen molar-refractivity contribution in [1.82, 2.24) is 0 Å². The number of rotatable bonds is 12. The molecule has 6 aliphatic heterocycles. The van der Waals surface area contributed by atoms with Crippen LogP contribution >= 0.6 is 0 Å². The molecule has 0 saturated heterocycles. The molecule has 0 N–H and O–H groups in total. The van der Waals surface area contributed by atoms with E-state index in [0.717, 1.165) is 0 Å². The SMILES string of the molecule is C[Si]1(C)c2ccccc2-c2cc(N(c3cccc(-c4ccc5ccccc5c4)c3)c3ccc4c(c3)[Si](C)(C)c3ccccc3-4)ccc21.C[Si]1(C)c2ccccc2-c2ccc(N(c3cccc(-c4ccc5ccccc5c4)c3)c3ccc4c(c3)[Si](C)(C)c3ccccc3-4)cc21.C[Si]1(C)c2ccccc2-c2ccc(N(c3cccc(-c4ccc5ccccc5c4)c3)c3cccc4c3-c3ccccc3[Si]4(C)C)cc21. The third-order valence-electron chi connectivity index (χ3n) is 32.5. The molecule has 0 saturated carbocycles. The fourth-order valence-electron chi connectivity index (χ4n) is 25.0. The molecule has 0 atom stereocenters. The molecule has 0 aliphatic carbocycles. The van der Waals surface area contributed by atoms with Gasteiger partial charge in [-0.2, -0.15) is 0 Å². The topological polar surface area (TPSA) is 9.72 Å². The van der Waals surface area contributed by atoms with E-state index in [2.05, 4.69) is 548 Å². The predicted molar refractivity (Wildman–Crippen MR) is 625 cm³/mol. The van der Waals surface area contributed by atoms with E-state index in [0.29, 0.717) is 0 Å². The van der Waals surface area contributed by atoms with Gasteiger partial charge in [-0.25, -0.2) is 0 Å². The Morgan fingerprint density at radius 3 is 0.709 bits per heavy atom. The van der Waals surface area contributed by atoms with Crippen LogP contribution in [0.25, 0.3) is 132 Å². The second-order valence-corrected chi connectivity index (χ2v) is 68.7. The zero-order valence-corrected chi connectivity index (χ0v) is 88.1. The van der Waals surface area contributed by atoms with E-state index in [-0.39, 0.29) is 0 Å². The summed E-state index contributed by atoms with van der Waals surface area (Å²) >= 11 is 0. The average molecular weight is 1910 g/mol. The van der Waals surface area contributed by atoms with Crippen LogP contribution < -0.4 is 76.9 Å². The molecule has 21 aromatic rings. The van der Waals surface area contributed by atoms with E-state index >= 15 is 0 Å². The van der Waals surface area contributed by atoms with Gasteiger partial charge in [-0.15, -0.1) is 0 Å². The summed E-state index contributed by atoms with van der Waals surface area (Å²) in [4.78, 5) is 7.55. The molecule has 27 rings (SSSR count). The Balaban J connectivity index is 0.000000111. The van der Waals surface area contributed by atoms with Crippen molar-refractivity contribution in [2.24, 2.45) is 0 Å². The van der Waals surface area contributed by atoms with Crippen molar-refractivity contribution in [1.29, 1.82) is 0 Å². The molecule has 6 heterocycles. The predicted octanol–water partition coefficient (Wildman–Crippen LogP) is 28.7. The van der Waals surface area contributed by atoms with E-state index in [1.54, 1.807) is 25.9 Å². The highest BCUT2D eigenvalue weighted by molar-refractivity contribution is 7.07. The van der Waals surface area contributed by atoms with Gasteiger partial charge in [-0.3, -0.25) is 0 Å². The Labute approximate surface area is 835 Å². The quantitative estimate of drug-likeness (QED) is 0.113. The second-order valence-electron chi connectivity index (χ2n) is 42.7. The average Bonchev–Trinajstić information content (AvgIpc) is 1.57. The van der Waals surface area contributed by atoms with Crippen LogP contribution in [-0.2, 0) is 0 Å². The van der Waals surface area contributed by atoms with Gasteiger partial charge in [0.2, 0.25) is 0 Å².